The highest BCUT2D eigenvalue weighted by molar-refractivity contribution is 6.04. The highest BCUT2D eigenvalue weighted by Gasteiger charge is 2.07. The Morgan fingerprint density at radius 2 is 2.00 bits per heavy atom. The minimum atomic E-state index is -0.174. The number of anilines is 1. The van der Waals surface area contributed by atoms with Gasteiger partial charge in [-0.1, -0.05) is 12.1 Å². The summed E-state index contributed by atoms with van der Waals surface area (Å²) in [6.45, 7) is 0.462. The Balaban J connectivity index is 1.80. The lowest BCUT2D eigenvalue weighted by Gasteiger charge is -2.05. The zero-order valence-electron chi connectivity index (χ0n) is 10.7. The van der Waals surface area contributed by atoms with E-state index >= 15 is 0 Å². The number of hydrogen-bond acceptors (Lipinski definition) is 4. The van der Waals surface area contributed by atoms with Gasteiger partial charge in [0.2, 0.25) is 0 Å². The Bertz CT molecular complexity index is 747. The molecular formula is C15H13N3O2. The summed E-state index contributed by atoms with van der Waals surface area (Å²) in [4.78, 5) is 16.1. The van der Waals surface area contributed by atoms with Crippen molar-refractivity contribution in [2.75, 3.05) is 5.32 Å². The van der Waals surface area contributed by atoms with Gasteiger partial charge in [-0.2, -0.15) is 0 Å². The van der Waals surface area contributed by atoms with Crippen molar-refractivity contribution in [2.24, 2.45) is 5.73 Å². The fraction of sp³-hybridized carbons (Fsp3) is 0.0667. The summed E-state index contributed by atoms with van der Waals surface area (Å²) in [5.41, 5.74) is 9.17. The molecule has 0 aliphatic heterocycles. The maximum atomic E-state index is 12.1. The highest BCUT2D eigenvalue weighted by atomic mass is 16.3. The third-order valence-electron chi connectivity index (χ3n) is 3.04. The minimum Gasteiger partial charge on any atom is -0.443 e. The number of nitrogens with one attached hydrogen (secondary N) is 1. The summed E-state index contributed by atoms with van der Waals surface area (Å²) >= 11 is 0. The van der Waals surface area contributed by atoms with Crippen LogP contribution in [-0.4, -0.2) is 10.9 Å². The Labute approximate surface area is 115 Å². The molecule has 0 saturated heterocycles. The number of fused-ring (bicyclic) bond motifs is 1. The first kappa shape index (κ1) is 12.4. The van der Waals surface area contributed by atoms with Crippen LogP contribution in [0.3, 0.4) is 0 Å². The number of nitrogens with zero attached hydrogens (tertiary/aromatic N) is 1. The van der Waals surface area contributed by atoms with E-state index in [-0.39, 0.29) is 5.91 Å². The number of hydrogen-bond donors (Lipinski definition) is 2. The third-order valence-corrected chi connectivity index (χ3v) is 3.04. The monoisotopic (exact) mass is 267 g/mol. The molecule has 0 saturated carbocycles. The Morgan fingerprint density at radius 3 is 2.75 bits per heavy atom. The minimum absolute atomic E-state index is 0.174. The molecule has 0 aliphatic rings. The maximum Gasteiger partial charge on any atom is 0.255 e. The van der Waals surface area contributed by atoms with Gasteiger partial charge in [0.25, 0.3) is 5.91 Å². The Kier molecular flexibility index (Phi) is 3.18. The van der Waals surface area contributed by atoms with Crippen LogP contribution < -0.4 is 11.1 Å². The molecule has 0 spiro atoms. The predicted octanol–water partition coefficient (Wildman–Crippen LogP) is 2.54. The van der Waals surface area contributed by atoms with Gasteiger partial charge >= 0.3 is 0 Å². The molecule has 20 heavy (non-hydrogen) atoms. The molecule has 3 aromatic rings. The summed E-state index contributed by atoms with van der Waals surface area (Å²) in [5.74, 6) is -0.174. The lowest BCUT2D eigenvalue weighted by Crippen LogP contribution is -2.11. The first-order valence-corrected chi connectivity index (χ1v) is 6.20. The van der Waals surface area contributed by atoms with Crippen molar-refractivity contribution in [3.8, 4) is 0 Å². The third kappa shape index (κ3) is 2.39. The van der Waals surface area contributed by atoms with Crippen LogP contribution in [-0.2, 0) is 6.54 Å². The molecule has 1 heterocycles. The van der Waals surface area contributed by atoms with Crippen LogP contribution in [0.1, 0.15) is 15.9 Å². The van der Waals surface area contributed by atoms with Crippen LogP contribution in [0.2, 0.25) is 0 Å². The smallest absolute Gasteiger partial charge is 0.255 e. The van der Waals surface area contributed by atoms with Crippen molar-refractivity contribution >= 4 is 22.7 Å². The fourth-order valence-electron chi connectivity index (χ4n) is 1.93. The molecule has 3 rings (SSSR count). The van der Waals surface area contributed by atoms with Gasteiger partial charge in [0.1, 0.15) is 5.52 Å². The molecule has 100 valence electrons. The van der Waals surface area contributed by atoms with E-state index in [2.05, 4.69) is 10.3 Å². The normalized spacial score (nSPS) is 10.7. The molecule has 1 aromatic heterocycles. The zero-order chi connectivity index (χ0) is 13.9. The number of oxazole rings is 1. The van der Waals surface area contributed by atoms with Crippen molar-refractivity contribution in [1.29, 1.82) is 0 Å². The van der Waals surface area contributed by atoms with E-state index in [4.69, 9.17) is 10.2 Å². The summed E-state index contributed by atoms with van der Waals surface area (Å²) in [6, 6.07) is 12.5. The molecule has 0 unspecified atom stereocenters. The van der Waals surface area contributed by atoms with Crippen molar-refractivity contribution < 1.29 is 9.21 Å². The van der Waals surface area contributed by atoms with Crippen LogP contribution in [0, 0.1) is 0 Å². The van der Waals surface area contributed by atoms with Gasteiger partial charge in [-0.15, -0.1) is 0 Å². The molecule has 5 nitrogen and oxygen atoms in total. The highest BCUT2D eigenvalue weighted by Crippen LogP contribution is 2.18. The van der Waals surface area contributed by atoms with Gasteiger partial charge in [-0.25, -0.2) is 4.98 Å². The number of carbonyl (C=O) groups is 1. The molecule has 0 bridgehead atoms. The second kappa shape index (κ2) is 5.14. The first-order valence-electron chi connectivity index (χ1n) is 6.20. The van der Waals surface area contributed by atoms with E-state index in [1.54, 1.807) is 30.3 Å². The summed E-state index contributed by atoms with van der Waals surface area (Å²) < 4.78 is 5.20. The van der Waals surface area contributed by atoms with E-state index < -0.39 is 0 Å². The van der Waals surface area contributed by atoms with Gasteiger partial charge in [0.15, 0.2) is 12.0 Å². The molecule has 2 aromatic carbocycles. The summed E-state index contributed by atoms with van der Waals surface area (Å²) in [5, 5.41) is 2.82. The largest absolute Gasteiger partial charge is 0.443 e. The van der Waals surface area contributed by atoms with Crippen LogP contribution in [0.4, 0.5) is 5.69 Å². The molecule has 5 heteroatoms. The summed E-state index contributed by atoms with van der Waals surface area (Å²) in [6.07, 6.45) is 1.38. The van der Waals surface area contributed by atoms with Crippen molar-refractivity contribution in [1.82, 2.24) is 4.98 Å². The SMILES string of the molecule is NCc1ccc(C(=O)Nc2ccc3ncoc3c2)cc1. The van der Waals surface area contributed by atoms with Crippen LogP contribution in [0.15, 0.2) is 53.3 Å². The average molecular weight is 267 g/mol. The number of nitrogens with two attached hydrogens (primary N) is 1. The topological polar surface area (TPSA) is 81.2 Å². The lowest BCUT2D eigenvalue weighted by atomic mass is 10.1. The second-order valence-electron chi connectivity index (χ2n) is 4.39. The zero-order valence-corrected chi connectivity index (χ0v) is 10.7. The van der Waals surface area contributed by atoms with Crippen molar-refractivity contribution in [2.45, 2.75) is 6.54 Å². The van der Waals surface area contributed by atoms with Gasteiger partial charge < -0.3 is 15.5 Å². The Morgan fingerprint density at radius 1 is 1.20 bits per heavy atom. The lowest BCUT2D eigenvalue weighted by molar-refractivity contribution is 0.102. The molecule has 3 N–H and O–H groups in total. The number of carbonyl (C=O) groups excluding carboxylic acids is 1. The molecule has 0 fully saturated rings. The van der Waals surface area contributed by atoms with Crippen LogP contribution in [0.25, 0.3) is 11.1 Å². The second-order valence-corrected chi connectivity index (χ2v) is 4.39. The number of aromatic nitrogens is 1. The van der Waals surface area contributed by atoms with Crippen LogP contribution >= 0.6 is 0 Å². The van der Waals surface area contributed by atoms with Gasteiger partial charge in [0.05, 0.1) is 0 Å². The van der Waals surface area contributed by atoms with E-state index in [9.17, 15) is 4.79 Å². The number of amides is 1. The molecule has 0 aliphatic carbocycles. The maximum absolute atomic E-state index is 12.1. The molecule has 0 atom stereocenters. The molecule has 1 amide bonds. The Hall–Kier alpha value is -2.66. The number of benzene rings is 2. The van der Waals surface area contributed by atoms with E-state index in [0.717, 1.165) is 11.1 Å². The van der Waals surface area contributed by atoms with Crippen LogP contribution in [0.5, 0.6) is 0 Å². The summed E-state index contributed by atoms with van der Waals surface area (Å²) in [7, 11) is 0. The number of rotatable bonds is 3. The quantitative estimate of drug-likeness (QED) is 0.764. The van der Waals surface area contributed by atoms with Gasteiger partial charge in [-0.05, 0) is 29.8 Å². The van der Waals surface area contributed by atoms with Crippen molar-refractivity contribution in [3.63, 3.8) is 0 Å². The molecule has 0 radical (unpaired) electrons. The van der Waals surface area contributed by atoms with Crippen molar-refractivity contribution in [3.05, 3.63) is 60.0 Å². The fourth-order valence-corrected chi connectivity index (χ4v) is 1.93. The standard InChI is InChI=1S/C15H13N3O2/c16-8-10-1-3-11(4-2-10)15(19)18-12-5-6-13-14(7-12)20-9-17-13/h1-7,9H,8,16H2,(H,18,19). The van der Waals surface area contributed by atoms with E-state index in [1.165, 1.54) is 6.39 Å². The average Bonchev–Trinajstić information content (AvgIpc) is 2.95. The van der Waals surface area contributed by atoms with E-state index in [1.807, 2.05) is 12.1 Å². The van der Waals surface area contributed by atoms with Gasteiger partial charge in [-0.3, -0.25) is 4.79 Å². The predicted molar refractivity (Wildman–Crippen MR) is 76.3 cm³/mol. The van der Waals surface area contributed by atoms with E-state index in [0.29, 0.717) is 23.4 Å². The molecular weight excluding hydrogens is 254 g/mol. The first-order chi connectivity index (χ1) is 9.76. The van der Waals surface area contributed by atoms with Gasteiger partial charge in [0, 0.05) is 23.9 Å².